The highest BCUT2D eigenvalue weighted by Crippen LogP contribution is 2.25. The number of hydrogen-bond donors (Lipinski definition) is 1. The van der Waals surface area contributed by atoms with Gasteiger partial charge in [-0.25, -0.2) is 0 Å². The number of hydrogen-bond acceptors (Lipinski definition) is 3. The highest BCUT2D eigenvalue weighted by Gasteiger charge is 2.30. The summed E-state index contributed by atoms with van der Waals surface area (Å²) >= 11 is 1.71. The van der Waals surface area contributed by atoms with E-state index in [1.165, 1.54) is 10.5 Å². The van der Waals surface area contributed by atoms with Gasteiger partial charge < -0.3 is 5.11 Å². The summed E-state index contributed by atoms with van der Waals surface area (Å²) in [7, 11) is 0. The summed E-state index contributed by atoms with van der Waals surface area (Å²) in [6.45, 7) is 1.63. The zero-order valence-electron chi connectivity index (χ0n) is 9.93. The monoisotopic (exact) mass is 251 g/mol. The van der Waals surface area contributed by atoms with E-state index in [0.29, 0.717) is 0 Å². The van der Waals surface area contributed by atoms with Crippen LogP contribution in [0.25, 0.3) is 0 Å². The molecular weight excluding hydrogens is 234 g/mol. The molecular formula is C13H17NO2S. The molecule has 0 amide bonds. The maximum Gasteiger partial charge on any atom is 0.320 e. The molecule has 17 heavy (non-hydrogen) atoms. The van der Waals surface area contributed by atoms with E-state index in [-0.39, 0.29) is 6.04 Å². The van der Waals surface area contributed by atoms with Gasteiger partial charge in [-0.3, -0.25) is 9.69 Å². The first-order valence-electron chi connectivity index (χ1n) is 5.81. The summed E-state index contributed by atoms with van der Waals surface area (Å²) in [6.07, 6.45) is 3.81. The first-order valence-corrected chi connectivity index (χ1v) is 7.03. The number of likely N-dealkylation sites (tertiary alicyclic amines) is 1. The van der Waals surface area contributed by atoms with Crippen LogP contribution in [0.2, 0.25) is 0 Å². The lowest BCUT2D eigenvalue weighted by Crippen LogP contribution is -2.35. The van der Waals surface area contributed by atoms with Gasteiger partial charge >= 0.3 is 5.97 Å². The van der Waals surface area contributed by atoms with Crippen molar-refractivity contribution < 1.29 is 9.90 Å². The van der Waals surface area contributed by atoms with Crippen molar-refractivity contribution in [2.75, 3.05) is 12.8 Å². The maximum absolute atomic E-state index is 11.1. The van der Waals surface area contributed by atoms with Gasteiger partial charge in [-0.15, -0.1) is 11.8 Å². The molecule has 0 bridgehead atoms. The Morgan fingerprint density at radius 1 is 1.53 bits per heavy atom. The fourth-order valence-electron chi connectivity index (χ4n) is 2.35. The Morgan fingerprint density at radius 2 is 2.29 bits per heavy atom. The smallest absolute Gasteiger partial charge is 0.320 e. The standard InChI is InChI=1S/C13H17NO2S/c1-17-12-7-3-2-5-10(12)9-14-8-4-6-11(14)13(15)16/h2-3,5,7,11H,4,6,8-9H2,1H3,(H,15,16). The van der Waals surface area contributed by atoms with Gasteiger partial charge in [0, 0.05) is 11.4 Å². The summed E-state index contributed by atoms with van der Waals surface area (Å²) in [5.41, 5.74) is 1.23. The van der Waals surface area contributed by atoms with Crippen LogP contribution in [-0.4, -0.2) is 34.8 Å². The van der Waals surface area contributed by atoms with E-state index in [0.717, 1.165) is 25.9 Å². The molecule has 92 valence electrons. The van der Waals surface area contributed by atoms with Crippen LogP contribution >= 0.6 is 11.8 Å². The highest BCUT2D eigenvalue weighted by atomic mass is 32.2. The molecule has 1 fully saturated rings. The molecule has 2 rings (SSSR count). The normalized spacial score (nSPS) is 20.6. The third-order valence-corrected chi connectivity index (χ3v) is 4.05. The second kappa shape index (κ2) is 5.56. The molecule has 1 heterocycles. The van der Waals surface area contributed by atoms with E-state index in [4.69, 9.17) is 5.11 Å². The number of carbonyl (C=O) groups is 1. The van der Waals surface area contributed by atoms with Gasteiger partial charge in [0.25, 0.3) is 0 Å². The first-order chi connectivity index (χ1) is 8.22. The molecule has 1 aliphatic heterocycles. The number of rotatable bonds is 4. The minimum atomic E-state index is -0.691. The van der Waals surface area contributed by atoms with E-state index in [9.17, 15) is 4.79 Å². The minimum absolute atomic E-state index is 0.301. The minimum Gasteiger partial charge on any atom is -0.480 e. The van der Waals surface area contributed by atoms with E-state index in [1.807, 2.05) is 12.1 Å². The van der Waals surface area contributed by atoms with E-state index >= 15 is 0 Å². The number of aliphatic carboxylic acids is 1. The van der Waals surface area contributed by atoms with Gasteiger partial charge in [0.1, 0.15) is 6.04 Å². The lowest BCUT2D eigenvalue weighted by Gasteiger charge is -2.22. The Hall–Kier alpha value is -1.00. The average Bonchev–Trinajstić information content (AvgIpc) is 2.78. The van der Waals surface area contributed by atoms with Gasteiger partial charge in [-0.05, 0) is 37.3 Å². The second-order valence-corrected chi connectivity index (χ2v) is 5.13. The summed E-state index contributed by atoms with van der Waals surface area (Å²) in [6, 6.07) is 7.91. The van der Waals surface area contributed by atoms with Crippen molar-refractivity contribution >= 4 is 17.7 Å². The van der Waals surface area contributed by atoms with Crippen molar-refractivity contribution in [2.24, 2.45) is 0 Å². The quantitative estimate of drug-likeness (QED) is 0.835. The molecule has 1 unspecified atom stereocenters. The third-order valence-electron chi connectivity index (χ3n) is 3.21. The van der Waals surface area contributed by atoms with Gasteiger partial charge in [0.15, 0.2) is 0 Å². The Labute approximate surface area is 106 Å². The molecule has 0 radical (unpaired) electrons. The zero-order chi connectivity index (χ0) is 12.3. The lowest BCUT2D eigenvalue weighted by molar-refractivity contribution is -0.142. The first kappa shape index (κ1) is 12.5. The van der Waals surface area contributed by atoms with E-state index in [1.54, 1.807) is 11.8 Å². The number of benzene rings is 1. The van der Waals surface area contributed by atoms with Gasteiger partial charge in [-0.2, -0.15) is 0 Å². The van der Waals surface area contributed by atoms with Crippen LogP contribution in [-0.2, 0) is 11.3 Å². The Balaban J connectivity index is 2.12. The fourth-order valence-corrected chi connectivity index (χ4v) is 2.96. The van der Waals surface area contributed by atoms with Crippen molar-refractivity contribution in [3.8, 4) is 0 Å². The van der Waals surface area contributed by atoms with Crippen LogP contribution in [0.1, 0.15) is 18.4 Å². The van der Waals surface area contributed by atoms with Crippen LogP contribution in [0, 0.1) is 0 Å². The van der Waals surface area contributed by atoms with E-state index in [2.05, 4.69) is 23.3 Å². The molecule has 0 aliphatic carbocycles. The second-order valence-electron chi connectivity index (χ2n) is 4.28. The van der Waals surface area contributed by atoms with Crippen LogP contribution < -0.4 is 0 Å². The number of carboxylic acid groups (broad SMARTS) is 1. The fraction of sp³-hybridized carbons (Fsp3) is 0.462. The largest absolute Gasteiger partial charge is 0.480 e. The van der Waals surface area contributed by atoms with Crippen molar-refractivity contribution in [1.82, 2.24) is 4.90 Å². The summed E-state index contributed by atoms with van der Waals surface area (Å²) in [5, 5.41) is 9.14. The third kappa shape index (κ3) is 2.82. The van der Waals surface area contributed by atoms with Crippen molar-refractivity contribution in [2.45, 2.75) is 30.3 Å². The predicted molar refractivity (Wildman–Crippen MR) is 69.3 cm³/mol. The topological polar surface area (TPSA) is 40.5 Å². The van der Waals surface area contributed by atoms with Crippen molar-refractivity contribution in [1.29, 1.82) is 0 Å². The van der Waals surface area contributed by atoms with Gasteiger partial charge in [0.2, 0.25) is 0 Å². The highest BCUT2D eigenvalue weighted by molar-refractivity contribution is 7.98. The van der Waals surface area contributed by atoms with Gasteiger partial charge in [0.05, 0.1) is 0 Å². The zero-order valence-corrected chi connectivity index (χ0v) is 10.7. The molecule has 1 aliphatic rings. The molecule has 1 atom stereocenters. The number of thioether (sulfide) groups is 1. The predicted octanol–water partition coefficient (Wildman–Crippen LogP) is 2.46. The molecule has 0 aromatic heterocycles. The molecule has 1 N–H and O–H groups in total. The maximum atomic E-state index is 11.1. The van der Waals surface area contributed by atoms with Crippen LogP contribution in [0.15, 0.2) is 29.2 Å². The van der Waals surface area contributed by atoms with Crippen LogP contribution in [0.3, 0.4) is 0 Å². The van der Waals surface area contributed by atoms with Crippen LogP contribution in [0.4, 0.5) is 0 Å². The molecule has 1 saturated heterocycles. The molecule has 1 aromatic carbocycles. The van der Waals surface area contributed by atoms with Crippen LogP contribution in [0.5, 0.6) is 0 Å². The van der Waals surface area contributed by atoms with Gasteiger partial charge in [-0.1, -0.05) is 18.2 Å². The Bertz CT molecular complexity index is 408. The summed E-state index contributed by atoms with van der Waals surface area (Å²) in [5.74, 6) is -0.691. The van der Waals surface area contributed by atoms with Crippen molar-refractivity contribution in [3.63, 3.8) is 0 Å². The molecule has 1 aromatic rings. The molecule has 3 nitrogen and oxygen atoms in total. The SMILES string of the molecule is CSc1ccccc1CN1CCCC1C(=O)O. The van der Waals surface area contributed by atoms with E-state index < -0.39 is 5.97 Å². The Morgan fingerprint density at radius 3 is 3.00 bits per heavy atom. The Kier molecular flexibility index (Phi) is 4.07. The molecule has 0 spiro atoms. The summed E-state index contributed by atoms with van der Waals surface area (Å²) < 4.78 is 0. The van der Waals surface area contributed by atoms with Crippen molar-refractivity contribution in [3.05, 3.63) is 29.8 Å². The molecule has 0 saturated carbocycles. The number of nitrogens with zero attached hydrogens (tertiary/aromatic N) is 1. The average molecular weight is 251 g/mol. The molecule has 4 heteroatoms. The summed E-state index contributed by atoms with van der Waals surface area (Å²) in [4.78, 5) is 14.4. The lowest BCUT2D eigenvalue weighted by atomic mass is 10.2. The number of carboxylic acids is 1.